The molecule has 0 radical (unpaired) electrons. The maximum atomic E-state index is 9.06. The molecule has 2 rings (SSSR count). The number of aryl methyl sites for hydroxylation is 2. The second kappa shape index (κ2) is 9.65. The Balaban J connectivity index is 0.000000415. The normalized spacial score (nSPS) is 14.1. The fourth-order valence-corrected chi connectivity index (χ4v) is 1.77. The summed E-state index contributed by atoms with van der Waals surface area (Å²) < 4.78 is 2.14. The smallest absolute Gasteiger partial charge is 0.206 e. The summed E-state index contributed by atoms with van der Waals surface area (Å²) >= 11 is 0. The minimum atomic E-state index is 0.625. The summed E-state index contributed by atoms with van der Waals surface area (Å²) in [5, 5.41) is 6.69. The molecular formula is C13H26N4O. The number of nitrogens with zero attached hydrogens (tertiary/aromatic N) is 3. The molecule has 0 aromatic carbocycles. The first-order valence-corrected chi connectivity index (χ1v) is 6.50. The predicted molar refractivity (Wildman–Crippen MR) is 74.4 cm³/mol. The van der Waals surface area contributed by atoms with Gasteiger partial charge in [0.25, 0.3) is 0 Å². The van der Waals surface area contributed by atoms with E-state index in [1.54, 1.807) is 7.05 Å². The van der Waals surface area contributed by atoms with Crippen LogP contribution in [0.25, 0.3) is 0 Å². The maximum Gasteiger partial charge on any atom is 0.206 e. The molecule has 0 spiro atoms. The highest BCUT2D eigenvalue weighted by Crippen LogP contribution is 2.11. The number of amides is 1. The fourth-order valence-electron chi connectivity index (χ4n) is 1.77. The fraction of sp³-hybridized carbons (Fsp3) is 0.692. The van der Waals surface area contributed by atoms with Crippen LogP contribution in [0.1, 0.15) is 31.7 Å². The molecule has 0 unspecified atom stereocenters. The van der Waals surface area contributed by atoms with Crippen LogP contribution in [-0.2, 0) is 17.9 Å². The van der Waals surface area contributed by atoms with Gasteiger partial charge in [0.2, 0.25) is 6.41 Å². The van der Waals surface area contributed by atoms with Gasteiger partial charge >= 0.3 is 0 Å². The van der Waals surface area contributed by atoms with Crippen molar-refractivity contribution in [1.82, 2.24) is 20.0 Å². The Morgan fingerprint density at radius 2 is 2.00 bits per heavy atom. The molecular weight excluding hydrogens is 228 g/mol. The third-order valence-electron chi connectivity index (χ3n) is 2.44. The van der Waals surface area contributed by atoms with E-state index in [4.69, 9.17) is 4.79 Å². The molecule has 5 heteroatoms. The molecule has 0 bridgehead atoms. The first-order valence-electron chi connectivity index (χ1n) is 6.50. The lowest BCUT2D eigenvalue weighted by molar-refractivity contribution is -0.109. The summed E-state index contributed by atoms with van der Waals surface area (Å²) in [7, 11) is 3.73. The topological polar surface area (TPSA) is 50.2 Å². The Hall–Kier alpha value is -1.36. The number of rotatable bonds is 1. The standard InChI is InChI=1S/C9H15N3.C2H5NO.C2H6/c1-8-6-9-7-11(2)4-3-5-12(9)10-8;1-3-2-4;1-2/h6H,3-5,7H2,1-2H3;2H,1H3,(H,3,4);1-2H3. The van der Waals surface area contributed by atoms with Gasteiger partial charge in [-0.1, -0.05) is 13.8 Å². The van der Waals surface area contributed by atoms with E-state index in [-0.39, 0.29) is 0 Å². The van der Waals surface area contributed by atoms with Gasteiger partial charge in [-0.3, -0.25) is 9.48 Å². The number of aromatic nitrogens is 2. The van der Waals surface area contributed by atoms with Crippen molar-refractivity contribution in [2.24, 2.45) is 0 Å². The van der Waals surface area contributed by atoms with E-state index in [1.165, 1.54) is 18.7 Å². The molecule has 1 aromatic rings. The number of carbonyl (C=O) groups excluding carboxylic acids is 1. The molecule has 2 heterocycles. The van der Waals surface area contributed by atoms with E-state index in [9.17, 15) is 0 Å². The molecule has 0 saturated carbocycles. The molecule has 1 aromatic heterocycles. The minimum absolute atomic E-state index is 0.625. The van der Waals surface area contributed by atoms with Crippen LogP contribution in [-0.4, -0.2) is 41.7 Å². The summed E-state index contributed by atoms with van der Waals surface area (Å²) in [6, 6.07) is 2.18. The molecule has 18 heavy (non-hydrogen) atoms. The Morgan fingerprint density at radius 1 is 1.39 bits per heavy atom. The number of nitrogens with one attached hydrogen (secondary N) is 1. The minimum Gasteiger partial charge on any atom is -0.362 e. The van der Waals surface area contributed by atoms with Crippen molar-refractivity contribution >= 4 is 6.41 Å². The molecule has 0 aliphatic carbocycles. The van der Waals surface area contributed by atoms with Gasteiger partial charge in [-0.25, -0.2) is 0 Å². The predicted octanol–water partition coefficient (Wildman–Crippen LogP) is 1.42. The van der Waals surface area contributed by atoms with Crippen LogP contribution in [0.5, 0.6) is 0 Å². The first-order chi connectivity index (χ1) is 8.67. The van der Waals surface area contributed by atoms with Gasteiger partial charge in [-0.05, 0) is 26.5 Å². The summed E-state index contributed by atoms with van der Waals surface area (Å²) in [5.41, 5.74) is 2.49. The third-order valence-corrected chi connectivity index (χ3v) is 2.44. The first kappa shape index (κ1) is 16.6. The largest absolute Gasteiger partial charge is 0.362 e. The molecule has 1 aliphatic heterocycles. The van der Waals surface area contributed by atoms with E-state index in [2.05, 4.69) is 40.0 Å². The van der Waals surface area contributed by atoms with Crippen molar-refractivity contribution < 1.29 is 4.79 Å². The molecule has 1 aliphatic rings. The van der Waals surface area contributed by atoms with Crippen molar-refractivity contribution in [3.05, 3.63) is 17.5 Å². The van der Waals surface area contributed by atoms with Crippen LogP contribution >= 0.6 is 0 Å². The van der Waals surface area contributed by atoms with Crippen LogP contribution in [0.2, 0.25) is 0 Å². The van der Waals surface area contributed by atoms with Crippen molar-refractivity contribution in [1.29, 1.82) is 0 Å². The van der Waals surface area contributed by atoms with Gasteiger partial charge in [-0.2, -0.15) is 5.10 Å². The van der Waals surface area contributed by atoms with E-state index < -0.39 is 0 Å². The van der Waals surface area contributed by atoms with Crippen molar-refractivity contribution in [3.63, 3.8) is 0 Å². The van der Waals surface area contributed by atoms with Gasteiger partial charge < -0.3 is 10.2 Å². The third kappa shape index (κ3) is 5.82. The van der Waals surface area contributed by atoms with Crippen LogP contribution in [0.15, 0.2) is 6.07 Å². The molecule has 104 valence electrons. The van der Waals surface area contributed by atoms with E-state index in [0.717, 1.165) is 18.8 Å². The van der Waals surface area contributed by atoms with E-state index in [0.29, 0.717) is 6.41 Å². The number of hydrogen-bond donors (Lipinski definition) is 1. The van der Waals surface area contributed by atoms with E-state index in [1.807, 2.05) is 13.8 Å². The highest BCUT2D eigenvalue weighted by Gasteiger charge is 2.11. The summed E-state index contributed by atoms with van der Waals surface area (Å²) in [6.07, 6.45) is 1.84. The monoisotopic (exact) mass is 254 g/mol. The second-order valence-electron chi connectivity index (χ2n) is 4.00. The SMILES string of the molecule is CC.CNC=O.Cc1cc2n(n1)CCCN(C)C2. The average molecular weight is 254 g/mol. The molecule has 1 N–H and O–H groups in total. The molecule has 0 atom stereocenters. The van der Waals surface area contributed by atoms with Crippen LogP contribution in [0, 0.1) is 6.92 Å². The summed E-state index contributed by atoms with van der Waals surface area (Å²) in [6.45, 7) is 9.36. The summed E-state index contributed by atoms with van der Waals surface area (Å²) in [5.74, 6) is 0. The molecule has 5 nitrogen and oxygen atoms in total. The number of carbonyl (C=O) groups is 1. The Bertz CT molecular complexity index is 336. The molecule has 1 amide bonds. The van der Waals surface area contributed by atoms with Crippen molar-refractivity contribution in [2.45, 2.75) is 40.3 Å². The zero-order valence-electron chi connectivity index (χ0n) is 12.2. The van der Waals surface area contributed by atoms with Gasteiger partial charge in [0.15, 0.2) is 0 Å². The quantitative estimate of drug-likeness (QED) is 0.771. The van der Waals surface area contributed by atoms with E-state index >= 15 is 0 Å². The zero-order valence-corrected chi connectivity index (χ0v) is 12.2. The van der Waals surface area contributed by atoms with Gasteiger partial charge in [-0.15, -0.1) is 0 Å². The average Bonchev–Trinajstić information content (AvgIpc) is 2.63. The number of hydrogen-bond acceptors (Lipinski definition) is 3. The Kier molecular flexibility index (Phi) is 8.92. The highest BCUT2D eigenvalue weighted by atomic mass is 16.1. The van der Waals surface area contributed by atoms with Gasteiger partial charge in [0.1, 0.15) is 0 Å². The highest BCUT2D eigenvalue weighted by molar-refractivity contribution is 5.44. The van der Waals surface area contributed by atoms with Crippen LogP contribution in [0.4, 0.5) is 0 Å². The van der Waals surface area contributed by atoms with Crippen molar-refractivity contribution in [3.8, 4) is 0 Å². The second-order valence-corrected chi connectivity index (χ2v) is 4.00. The van der Waals surface area contributed by atoms with Crippen molar-refractivity contribution in [2.75, 3.05) is 20.6 Å². The maximum absolute atomic E-state index is 9.06. The van der Waals surface area contributed by atoms with Gasteiger partial charge in [0, 0.05) is 26.7 Å². The molecule has 0 saturated heterocycles. The van der Waals surface area contributed by atoms with Gasteiger partial charge in [0.05, 0.1) is 11.4 Å². The lowest BCUT2D eigenvalue weighted by Crippen LogP contribution is -2.16. The number of fused-ring (bicyclic) bond motifs is 1. The lowest BCUT2D eigenvalue weighted by Gasteiger charge is -2.10. The lowest BCUT2D eigenvalue weighted by atomic mass is 10.3. The Morgan fingerprint density at radius 3 is 2.56 bits per heavy atom. The summed E-state index contributed by atoms with van der Waals surface area (Å²) in [4.78, 5) is 11.4. The van der Waals surface area contributed by atoms with Crippen LogP contribution in [0.3, 0.4) is 0 Å². The van der Waals surface area contributed by atoms with Crippen LogP contribution < -0.4 is 5.32 Å². The zero-order chi connectivity index (χ0) is 14.0. The molecule has 0 fully saturated rings. The Labute approximate surface area is 110 Å².